The fourth-order valence-electron chi connectivity index (χ4n) is 1.80. The Morgan fingerprint density at radius 1 is 1.33 bits per heavy atom. The van der Waals surface area contributed by atoms with E-state index in [0.717, 1.165) is 29.5 Å². The molecule has 0 atom stereocenters. The number of unbranched alkanes of at least 4 members (excludes halogenated alkanes) is 1. The molecule has 0 saturated heterocycles. The van der Waals surface area contributed by atoms with Crippen LogP contribution in [0, 0.1) is 0 Å². The number of carbonyl (C=O) groups excluding carboxylic acids is 1. The van der Waals surface area contributed by atoms with Gasteiger partial charge >= 0.3 is 0 Å². The van der Waals surface area contributed by atoms with Crippen LogP contribution in [0.5, 0.6) is 11.5 Å². The molecule has 0 spiro atoms. The van der Waals surface area contributed by atoms with Crippen LogP contribution < -0.4 is 20.5 Å². The molecule has 1 amide bonds. The van der Waals surface area contributed by atoms with E-state index in [4.69, 9.17) is 15.2 Å². The largest absolute Gasteiger partial charge is 0.490 e. The second kappa shape index (κ2) is 9.63. The molecular formula is C15H23BrN2O3. The van der Waals surface area contributed by atoms with Crippen LogP contribution in [0.1, 0.15) is 32.3 Å². The maximum absolute atomic E-state index is 10.9. The van der Waals surface area contributed by atoms with Crippen molar-refractivity contribution < 1.29 is 14.3 Å². The van der Waals surface area contributed by atoms with Crippen molar-refractivity contribution in [3.05, 3.63) is 22.2 Å². The average Bonchev–Trinajstić information content (AvgIpc) is 2.43. The van der Waals surface area contributed by atoms with E-state index >= 15 is 0 Å². The molecule has 0 radical (unpaired) electrons. The number of primary amides is 1. The molecule has 1 aromatic rings. The van der Waals surface area contributed by atoms with Crippen LogP contribution in [0.4, 0.5) is 0 Å². The first kappa shape index (κ1) is 17.8. The van der Waals surface area contributed by atoms with Crippen molar-refractivity contribution in [3.8, 4) is 11.5 Å². The van der Waals surface area contributed by atoms with E-state index in [9.17, 15) is 4.79 Å². The standard InChI is InChI=1S/C15H23BrN2O3/c1-3-5-6-18-9-11-7-12(16)15(21-10-14(17)19)13(8-11)20-4-2/h7-8,18H,3-6,9-10H2,1-2H3,(H2,17,19). The van der Waals surface area contributed by atoms with Gasteiger partial charge < -0.3 is 20.5 Å². The van der Waals surface area contributed by atoms with Crippen LogP contribution in [0.3, 0.4) is 0 Å². The Morgan fingerprint density at radius 3 is 2.71 bits per heavy atom. The summed E-state index contributed by atoms with van der Waals surface area (Å²) in [7, 11) is 0. The SMILES string of the molecule is CCCCNCc1cc(Br)c(OCC(N)=O)c(OCC)c1. The topological polar surface area (TPSA) is 73.6 Å². The van der Waals surface area contributed by atoms with Crippen LogP contribution in [0.2, 0.25) is 0 Å². The van der Waals surface area contributed by atoms with Gasteiger partial charge in [0.05, 0.1) is 11.1 Å². The number of hydrogen-bond acceptors (Lipinski definition) is 4. The van der Waals surface area contributed by atoms with Crippen LogP contribution in [0.15, 0.2) is 16.6 Å². The normalized spacial score (nSPS) is 10.4. The Balaban J connectivity index is 2.81. The lowest BCUT2D eigenvalue weighted by Gasteiger charge is -2.15. The highest BCUT2D eigenvalue weighted by Gasteiger charge is 2.13. The van der Waals surface area contributed by atoms with E-state index in [1.165, 1.54) is 6.42 Å². The fourth-order valence-corrected chi connectivity index (χ4v) is 2.41. The van der Waals surface area contributed by atoms with Gasteiger partial charge in [-0.3, -0.25) is 4.79 Å². The van der Waals surface area contributed by atoms with Gasteiger partial charge in [0.1, 0.15) is 0 Å². The predicted octanol–water partition coefficient (Wildman–Crippen LogP) is 2.60. The minimum absolute atomic E-state index is 0.174. The van der Waals surface area contributed by atoms with Crippen LogP contribution in [-0.2, 0) is 11.3 Å². The van der Waals surface area contributed by atoms with Crippen molar-refractivity contribution in [3.63, 3.8) is 0 Å². The smallest absolute Gasteiger partial charge is 0.255 e. The van der Waals surface area contributed by atoms with E-state index in [-0.39, 0.29) is 6.61 Å². The second-order valence-corrected chi connectivity index (χ2v) is 5.48. The lowest BCUT2D eigenvalue weighted by atomic mass is 10.2. The van der Waals surface area contributed by atoms with Crippen LogP contribution in [-0.4, -0.2) is 25.7 Å². The molecule has 0 bridgehead atoms. The third kappa shape index (κ3) is 6.35. The number of amides is 1. The maximum Gasteiger partial charge on any atom is 0.255 e. The van der Waals surface area contributed by atoms with Gasteiger partial charge in [0, 0.05) is 6.54 Å². The highest BCUT2D eigenvalue weighted by molar-refractivity contribution is 9.10. The molecule has 0 unspecified atom stereocenters. The number of benzene rings is 1. The van der Waals surface area contributed by atoms with Gasteiger partial charge in [-0.15, -0.1) is 0 Å². The fraction of sp³-hybridized carbons (Fsp3) is 0.533. The summed E-state index contributed by atoms with van der Waals surface area (Å²) in [5.74, 6) is 0.600. The number of ether oxygens (including phenoxy) is 2. The van der Waals surface area contributed by atoms with Gasteiger partial charge in [-0.05, 0) is 53.5 Å². The third-order valence-corrected chi connectivity index (χ3v) is 3.35. The van der Waals surface area contributed by atoms with Gasteiger partial charge in [0.15, 0.2) is 18.1 Å². The molecule has 1 aromatic carbocycles. The first-order chi connectivity index (χ1) is 10.1. The van der Waals surface area contributed by atoms with Crippen molar-refractivity contribution in [1.82, 2.24) is 5.32 Å². The lowest BCUT2D eigenvalue weighted by molar-refractivity contribution is -0.119. The molecule has 118 valence electrons. The number of nitrogens with two attached hydrogens (primary N) is 1. The Hall–Kier alpha value is -1.27. The molecule has 3 N–H and O–H groups in total. The second-order valence-electron chi connectivity index (χ2n) is 4.62. The number of nitrogens with one attached hydrogen (secondary N) is 1. The molecule has 0 aromatic heterocycles. The number of halogens is 1. The average molecular weight is 359 g/mol. The molecule has 6 heteroatoms. The summed E-state index contributed by atoms with van der Waals surface area (Å²) in [4.78, 5) is 10.9. The Kier molecular flexibility index (Phi) is 8.15. The Morgan fingerprint density at radius 2 is 2.10 bits per heavy atom. The zero-order chi connectivity index (χ0) is 15.7. The van der Waals surface area contributed by atoms with Gasteiger partial charge in [0.2, 0.25) is 0 Å². The zero-order valence-electron chi connectivity index (χ0n) is 12.6. The summed E-state index contributed by atoms with van der Waals surface area (Å²) in [5.41, 5.74) is 6.20. The molecular weight excluding hydrogens is 336 g/mol. The lowest BCUT2D eigenvalue weighted by Crippen LogP contribution is -2.20. The summed E-state index contributed by atoms with van der Waals surface area (Å²) >= 11 is 3.46. The zero-order valence-corrected chi connectivity index (χ0v) is 14.2. The van der Waals surface area contributed by atoms with Crippen molar-refractivity contribution in [2.24, 2.45) is 5.73 Å². The summed E-state index contributed by atoms with van der Waals surface area (Å²) < 4.78 is 11.7. The first-order valence-electron chi connectivity index (χ1n) is 7.15. The monoisotopic (exact) mass is 358 g/mol. The summed E-state index contributed by atoms with van der Waals surface area (Å²) in [6.45, 7) is 6.15. The molecule has 0 aliphatic carbocycles. The highest BCUT2D eigenvalue weighted by Crippen LogP contribution is 2.36. The minimum Gasteiger partial charge on any atom is -0.490 e. The molecule has 5 nitrogen and oxygen atoms in total. The summed E-state index contributed by atoms with van der Waals surface area (Å²) in [5, 5.41) is 3.38. The molecule has 1 rings (SSSR count). The number of rotatable bonds is 10. The van der Waals surface area contributed by atoms with Gasteiger partial charge in [-0.2, -0.15) is 0 Å². The molecule has 0 aliphatic heterocycles. The Labute approximate surface area is 134 Å². The summed E-state index contributed by atoms with van der Waals surface area (Å²) in [6.07, 6.45) is 2.32. The number of carbonyl (C=O) groups is 1. The first-order valence-corrected chi connectivity index (χ1v) is 7.94. The van der Waals surface area contributed by atoms with Crippen molar-refractivity contribution >= 4 is 21.8 Å². The highest BCUT2D eigenvalue weighted by atomic mass is 79.9. The van der Waals surface area contributed by atoms with E-state index in [0.29, 0.717) is 18.1 Å². The van der Waals surface area contributed by atoms with Crippen molar-refractivity contribution in [1.29, 1.82) is 0 Å². The quantitative estimate of drug-likeness (QED) is 0.630. The van der Waals surface area contributed by atoms with E-state index in [2.05, 4.69) is 28.2 Å². The molecule has 0 saturated carbocycles. The van der Waals surface area contributed by atoms with Gasteiger partial charge in [-0.25, -0.2) is 0 Å². The molecule has 0 fully saturated rings. The van der Waals surface area contributed by atoms with Gasteiger partial charge in [0.25, 0.3) is 5.91 Å². The molecule has 0 aliphatic rings. The predicted molar refractivity (Wildman–Crippen MR) is 86.6 cm³/mol. The summed E-state index contributed by atoms with van der Waals surface area (Å²) in [6, 6.07) is 3.88. The minimum atomic E-state index is -0.519. The number of hydrogen-bond donors (Lipinski definition) is 2. The van der Waals surface area contributed by atoms with Crippen molar-refractivity contribution in [2.75, 3.05) is 19.8 Å². The van der Waals surface area contributed by atoms with Gasteiger partial charge in [-0.1, -0.05) is 13.3 Å². The van der Waals surface area contributed by atoms with Crippen LogP contribution in [0.25, 0.3) is 0 Å². The Bertz CT molecular complexity index is 466. The van der Waals surface area contributed by atoms with E-state index in [1.54, 1.807) is 0 Å². The maximum atomic E-state index is 10.9. The molecule has 0 heterocycles. The van der Waals surface area contributed by atoms with Crippen LogP contribution >= 0.6 is 15.9 Å². The third-order valence-electron chi connectivity index (χ3n) is 2.76. The van der Waals surface area contributed by atoms with E-state index in [1.807, 2.05) is 19.1 Å². The molecule has 21 heavy (non-hydrogen) atoms. The van der Waals surface area contributed by atoms with E-state index < -0.39 is 5.91 Å². The van der Waals surface area contributed by atoms with Crippen molar-refractivity contribution in [2.45, 2.75) is 33.2 Å².